The third kappa shape index (κ3) is 3.79. The van der Waals surface area contributed by atoms with Crippen molar-refractivity contribution in [1.29, 1.82) is 0 Å². The van der Waals surface area contributed by atoms with Crippen LogP contribution in [0.25, 0.3) is 11.3 Å². The van der Waals surface area contributed by atoms with E-state index in [1.165, 1.54) is 21.9 Å². The van der Waals surface area contributed by atoms with E-state index in [9.17, 15) is 4.79 Å². The van der Waals surface area contributed by atoms with Crippen molar-refractivity contribution < 1.29 is 9.53 Å². The summed E-state index contributed by atoms with van der Waals surface area (Å²) < 4.78 is 5.27. The van der Waals surface area contributed by atoms with Gasteiger partial charge in [0, 0.05) is 10.9 Å². The molecule has 0 saturated carbocycles. The van der Waals surface area contributed by atoms with Gasteiger partial charge in [-0.2, -0.15) is 20.3 Å². The first kappa shape index (κ1) is 18.9. The molecule has 0 fully saturated rings. The Morgan fingerprint density at radius 1 is 1.10 bits per heavy atom. The van der Waals surface area contributed by atoms with E-state index in [0.29, 0.717) is 22.3 Å². The Bertz CT molecular complexity index is 1100. The summed E-state index contributed by atoms with van der Waals surface area (Å²) in [7, 11) is 1.57. The fraction of sp³-hybridized carbons (Fsp3) is 0.190. The summed E-state index contributed by atoms with van der Waals surface area (Å²) in [5, 5.41) is 16.5. The Labute approximate surface area is 172 Å². The number of carbonyl (C=O) groups is 1. The number of ether oxygens (including phenoxy) is 1. The van der Waals surface area contributed by atoms with Crippen LogP contribution in [0.4, 0.5) is 10.8 Å². The molecule has 0 saturated heterocycles. The van der Waals surface area contributed by atoms with Crippen molar-refractivity contribution in [2.45, 2.75) is 19.9 Å². The highest BCUT2D eigenvalue weighted by molar-refractivity contribution is 7.14. The minimum Gasteiger partial charge on any atom is -0.494 e. The normalized spacial score (nSPS) is 16.5. The average molecular weight is 405 g/mol. The van der Waals surface area contributed by atoms with Gasteiger partial charge in [-0.25, -0.2) is 4.98 Å². The van der Waals surface area contributed by atoms with Crippen molar-refractivity contribution in [3.8, 4) is 17.0 Å². The summed E-state index contributed by atoms with van der Waals surface area (Å²) >= 11 is 1.37. The predicted octanol–water partition coefficient (Wildman–Crippen LogP) is 5.00. The molecule has 0 radical (unpaired) electrons. The van der Waals surface area contributed by atoms with Gasteiger partial charge in [0.1, 0.15) is 11.4 Å². The molecule has 2 aromatic carbocycles. The van der Waals surface area contributed by atoms with E-state index in [1.807, 2.05) is 48.7 Å². The summed E-state index contributed by atoms with van der Waals surface area (Å²) in [6, 6.07) is 14.6. The van der Waals surface area contributed by atoms with E-state index in [1.54, 1.807) is 26.2 Å². The first-order valence-corrected chi connectivity index (χ1v) is 9.90. The number of hydrogen-bond acceptors (Lipinski definition) is 7. The molecule has 4 rings (SSSR count). The maximum absolute atomic E-state index is 12.9. The standard InChI is InChI=1S/C21H19N5O2S/c1-13-8-10-15(11-9-13)17-12-29-21(22-17)26-20(27)19(14(2)25-26)24-23-16-6-4-5-7-18(16)28-3/h4-12,19H,1-3H3/t19-/m1/s1. The highest BCUT2D eigenvalue weighted by atomic mass is 32.1. The quantitative estimate of drug-likeness (QED) is 0.560. The summed E-state index contributed by atoms with van der Waals surface area (Å²) in [4.78, 5) is 17.5. The number of benzene rings is 2. The third-order valence-electron chi connectivity index (χ3n) is 4.48. The van der Waals surface area contributed by atoms with E-state index in [4.69, 9.17) is 4.74 Å². The van der Waals surface area contributed by atoms with E-state index < -0.39 is 6.04 Å². The molecule has 146 valence electrons. The molecular formula is C21H19N5O2S. The van der Waals surface area contributed by atoms with Crippen molar-refractivity contribution >= 4 is 33.8 Å². The van der Waals surface area contributed by atoms with Gasteiger partial charge in [-0.1, -0.05) is 42.0 Å². The molecule has 1 amide bonds. The molecule has 1 atom stereocenters. The van der Waals surface area contributed by atoms with E-state index in [0.717, 1.165) is 11.3 Å². The van der Waals surface area contributed by atoms with Crippen LogP contribution < -0.4 is 9.75 Å². The van der Waals surface area contributed by atoms with Crippen LogP contribution >= 0.6 is 11.3 Å². The van der Waals surface area contributed by atoms with Gasteiger partial charge in [0.2, 0.25) is 5.13 Å². The van der Waals surface area contributed by atoms with Crippen LogP contribution in [0.15, 0.2) is 69.2 Å². The molecular weight excluding hydrogens is 386 g/mol. The number of aryl methyl sites for hydroxylation is 1. The van der Waals surface area contributed by atoms with Gasteiger partial charge in [-0.15, -0.1) is 11.3 Å². The minimum absolute atomic E-state index is 0.272. The van der Waals surface area contributed by atoms with Crippen molar-refractivity contribution in [2.24, 2.45) is 15.3 Å². The second-order valence-electron chi connectivity index (χ2n) is 6.56. The van der Waals surface area contributed by atoms with Crippen LogP contribution in [-0.2, 0) is 4.79 Å². The highest BCUT2D eigenvalue weighted by Gasteiger charge is 2.36. The van der Waals surface area contributed by atoms with E-state index >= 15 is 0 Å². The van der Waals surface area contributed by atoms with Gasteiger partial charge in [-0.05, 0) is 26.0 Å². The predicted molar refractivity (Wildman–Crippen MR) is 114 cm³/mol. The number of nitrogens with zero attached hydrogens (tertiary/aromatic N) is 5. The van der Waals surface area contributed by atoms with Crippen molar-refractivity contribution in [2.75, 3.05) is 12.1 Å². The van der Waals surface area contributed by atoms with Gasteiger partial charge in [0.05, 0.1) is 18.5 Å². The zero-order valence-corrected chi connectivity index (χ0v) is 17.1. The average Bonchev–Trinajstić information content (AvgIpc) is 3.32. The molecule has 3 aromatic rings. The Balaban J connectivity index is 1.55. The number of methoxy groups -OCH3 is 1. The van der Waals surface area contributed by atoms with Crippen molar-refractivity contribution in [3.05, 3.63) is 59.5 Å². The monoisotopic (exact) mass is 405 g/mol. The Hall–Kier alpha value is -3.39. The molecule has 1 aliphatic rings. The number of carbonyl (C=O) groups excluding carboxylic acids is 1. The Morgan fingerprint density at radius 3 is 2.62 bits per heavy atom. The fourth-order valence-electron chi connectivity index (χ4n) is 2.88. The Morgan fingerprint density at radius 2 is 1.86 bits per heavy atom. The fourth-order valence-corrected chi connectivity index (χ4v) is 3.66. The summed E-state index contributed by atoms with van der Waals surface area (Å²) in [6.45, 7) is 3.80. The third-order valence-corrected chi connectivity index (χ3v) is 5.30. The number of amides is 1. The van der Waals surface area contributed by atoms with Gasteiger partial charge in [0.25, 0.3) is 5.91 Å². The number of para-hydroxylation sites is 1. The van der Waals surface area contributed by atoms with Crippen LogP contribution in [0.2, 0.25) is 0 Å². The van der Waals surface area contributed by atoms with Crippen LogP contribution in [-0.4, -0.2) is 29.8 Å². The minimum atomic E-state index is -0.772. The molecule has 0 unspecified atom stereocenters. The summed E-state index contributed by atoms with van der Waals surface area (Å²) in [5.74, 6) is 0.321. The van der Waals surface area contributed by atoms with Gasteiger partial charge in [0.15, 0.2) is 6.04 Å². The van der Waals surface area contributed by atoms with E-state index in [-0.39, 0.29) is 5.91 Å². The zero-order valence-electron chi connectivity index (χ0n) is 16.2. The van der Waals surface area contributed by atoms with Crippen LogP contribution in [0, 0.1) is 6.92 Å². The molecule has 0 bridgehead atoms. The lowest BCUT2D eigenvalue weighted by atomic mass is 10.1. The first-order valence-electron chi connectivity index (χ1n) is 9.02. The largest absolute Gasteiger partial charge is 0.494 e. The highest BCUT2D eigenvalue weighted by Crippen LogP contribution is 2.31. The maximum Gasteiger partial charge on any atom is 0.282 e. The molecule has 7 nitrogen and oxygen atoms in total. The van der Waals surface area contributed by atoms with E-state index in [2.05, 4.69) is 20.3 Å². The molecule has 1 aliphatic heterocycles. The lowest BCUT2D eigenvalue weighted by Gasteiger charge is -2.08. The molecule has 1 aromatic heterocycles. The molecule has 2 heterocycles. The number of hydrogen-bond donors (Lipinski definition) is 0. The maximum atomic E-state index is 12.9. The van der Waals surface area contributed by atoms with Gasteiger partial charge in [-0.3, -0.25) is 4.79 Å². The molecule has 8 heteroatoms. The second-order valence-corrected chi connectivity index (χ2v) is 7.40. The number of rotatable bonds is 5. The zero-order chi connectivity index (χ0) is 20.4. The lowest BCUT2D eigenvalue weighted by Crippen LogP contribution is -2.29. The van der Waals surface area contributed by atoms with Crippen LogP contribution in [0.3, 0.4) is 0 Å². The van der Waals surface area contributed by atoms with Gasteiger partial charge < -0.3 is 4.74 Å². The number of anilines is 1. The molecule has 0 N–H and O–H groups in total. The number of azo groups is 1. The van der Waals surface area contributed by atoms with Gasteiger partial charge >= 0.3 is 0 Å². The molecule has 29 heavy (non-hydrogen) atoms. The first-order chi connectivity index (χ1) is 14.1. The topological polar surface area (TPSA) is 79.5 Å². The Kier molecular flexibility index (Phi) is 5.18. The molecule has 0 spiro atoms. The van der Waals surface area contributed by atoms with Crippen LogP contribution in [0.1, 0.15) is 12.5 Å². The number of hydrazone groups is 1. The van der Waals surface area contributed by atoms with Crippen LogP contribution in [0.5, 0.6) is 5.75 Å². The SMILES string of the molecule is COc1ccccc1N=N[C@H]1C(=O)N(c2nc(-c3ccc(C)cc3)cs2)N=C1C. The summed E-state index contributed by atoms with van der Waals surface area (Å²) in [5.41, 5.74) is 4.12. The number of thiazole rings is 1. The van der Waals surface area contributed by atoms with Crippen molar-refractivity contribution in [3.63, 3.8) is 0 Å². The lowest BCUT2D eigenvalue weighted by molar-refractivity contribution is -0.117. The van der Waals surface area contributed by atoms with Crippen molar-refractivity contribution in [1.82, 2.24) is 4.98 Å². The second kappa shape index (κ2) is 7.92. The molecule has 0 aliphatic carbocycles. The summed E-state index contributed by atoms with van der Waals surface area (Å²) in [6.07, 6.45) is 0. The number of aromatic nitrogens is 1. The smallest absolute Gasteiger partial charge is 0.282 e.